The Bertz CT molecular complexity index is 696. The summed E-state index contributed by atoms with van der Waals surface area (Å²) in [7, 11) is 1.84. The van der Waals surface area contributed by atoms with E-state index < -0.39 is 0 Å². The lowest BCUT2D eigenvalue weighted by molar-refractivity contribution is 0.0784. The van der Waals surface area contributed by atoms with Gasteiger partial charge in [-0.2, -0.15) is 10.1 Å². The van der Waals surface area contributed by atoms with Crippen LogP contribution in [0.2, 0.25) is 0 Å². The van der Waals surface area contributed by atoms with Gasteiger partial charge in [0.15, 0.2) is 11.5 Å². The fraction of sp³-hybridized carbons (Fsp3) is 0.600. The molecule has 116 valence electrons. The van der Waals surface area contributed by atoms with E-state index in [2.05, 4.69) is 15.2 Å². The lowest BCUT2D eigenvalue weighted by Crippen LogP contribution is -2.29. The molecule has 3 heterocycles. The average molecular weight is 301 g/mol. The van der Waals surface area contributed by atoms with Gasteiger partial charge in [-0.25, -0.2) is 0 Å². The van der Waals surface area contributed by atoms with E-state index in [4.69, 9.17) is 4.52 Å². The molecule has 7 heteroatoms. The number of aromatic nitrogens is 4. The second-order valence-corrected chi connectivity index (χ2v) is 6.30. The van der Waals surface area contributed by atoms with E-state index in [1.54, 1.807) is 4.68 Å². The Morgan fingerprint density at radius 2 is 2.14 bits per heavy atom. The van der Waals surface area contributed by atoms with Gasteiger partial charge in [-0.1, -0.05) is 5.16 Å². The number of hydrogen-bond acceptors (Lipinski definition) is 5. The van der Waals surface area contributed by atoms with Crippen molar-refractivity contribution < 1.29 is 9.32 Å². The topological polar surface area (TPSA) is 77.1 Å². The monoisotopic (exact) mass is 301 g/mol. The van der Waals surface area contributed by atoms with Crippen LogP contribution >= 0.6 is 0 Å². The Morgan fingerprint density at radius 3 is 2.82 bits per heavy atom. The number of hydrogen-bond donors (Lipinski definition) is 0. The van der Waals surface area contributed by atoms with Crippen LogP contribution < -0.4 is 0 Å². The van der Waals surface area contributed by atoms with Crippen LogP contribution in [0.15, 0.2) is 10.6 Å². The Kier molecular flexibility index (Phi) is 3.02. The van der Waals surface area contributed by atoms with Crippen LogP contribution in [0.25, 0.3) is 0 Å². The normalized spacial score (nSPS) is 21.5. The number of amides is 1. The van der Waals surface area contributed by atoms with Gasteiger partial charge in [0.1, 0.15) is 0 Å². The van der Waals surface area contributed by atoms with Crippen LogP contribution in [0.3, 0.4) is 0 Å². The van der Waals surface area contributed by atoms with Crippen molar-refractivity contribution in [3.63, 3.8) is 0 Å². The molecule has 7 nitrogen and oxygen atoms in total. The zero-order valence-electron chi connectivity index (χ0n) is 12.8. The average Bonchev–Trinajstić information content (AvgIpc) is 2.93. The molecule has 2 fully saturated rings. The highest BCUT2D eigenvalue weighted by molar-refractivity contribution is 5.92. The Labute approximate surface area is 128 Å². The largest absolute Gasteiger partial charge is 0.339 e. The lowest BCUT2D eigenvalue weighted by atomic mass is 10.1. The fourth-order valence-corrected chi connectivity index (χ4v) is 2.89. The summed E-state index contributed by atoms with van der Waals surface area (Å²) < 4.78 is 7.04. The van der Waals surface area contributed by atoms with Crippen molar-refractivity contribution in [3.05, 3.63) is 29.2 Å². The summed E-state index contributed by atoms with van der Waals surface area (Å²) in [5.74, 6) is 2.13. The maximum absolute atomic E-state index is 12.5. The van der Waals surface area contributed by atoms with Gasteiger partial charge in [-0.15, -0.1) is 0 Å². The predicted octanol–water partition coefficient (Wildman–Crippen LogP) is 1.62. The predicted molar refractivity (Wildman–Crippen MR) is 77.5 cm³/mol. The van der Waals surface area contributed by atoms with Crippen LogP contribution in [0.5, 0.6) is 0 Å². The molecule has 1 atom stereocenters. The first-order chi connectivity index (χ1) is 10.6. The minimum atomic E-state index is -0.0166. The van der Waals surface area contributed by atoms with E-state index in [1.165, 1.54) is 0 Å². The van der Waals surface area contributed by atoms with Crippen LogP contribution in [0, 0.1) is 6.92 Å². The van der Waals surface area contributed by atoms with Gasteiger partial charge in [-0.3, -0.25) is 9.48 Å². The highest BCUT2D eigenvalue weighted by atomic mass is 16.5. The van der Waals surface area contributed by atoms with Crippen LogP contribution in [-0.4, -0.2) is 43.8 Å². The molecule has 2 aliphatic rings. The van der Waals surface area contributed by atoms with Gasteiger partial charge >= 0.3 is 0 Å². The summed E-state index contributed by atoms with van der Waals surface area (Å²) in [4.78, 5) is 18.8. The zero-order valence-corrected chi connectivity index (χ0v) is 12.8. The lowest BCUT2D eigenvalue weighted by Gasteiger charge is -2.13. The number of nitrogens with zero attached hydrogens (tertiary/aromatic N) is 5. The molecule has 2 aromatic heterocycles. The second kappa shape index (κ2) is 4.93. The molecule has 22 heavy (non-hydrogen) atoms. The van der Waals surface area contributed by atoms with Gasteiger partial charge in [-0.05, 0) is 32.3 Å². The van der Waals surface area contributed by atoms with Crippen molar-refractivity contribution in [1.29, 1.82) is 0 Å². The van der Waals surface area contributed by atoms with Gasteiger partial charge in [0.05, 0.1) is 0 Å². The van der Waals surface area contributed by atoms with Crippen molar-refractivity contribution in [2.75, 3.05) is 13.1 Å². The molecule has 1 amide bonds. The molecule has 4 rings (SSSR count). The summed E-state index contributed by atoms with van der Waals surface area (Å²) >= 11 is 0. The minimum Gasteiger partial charge on any atom is -0.339 e. The van der Waals surface area contributed by atoms with Crippen molar-refractivity contribution in [1.82, 2.24) is 24.8 Å². The highest BCUT2D eigenvalue weighted by Gasteiger charge is 2.34. The van der Waals surface area contributed by atoms with Crippen LogP contribution in [-0.2, 0) is 7.05 Å². The molecule has 2 aromatic rings. The van der Waals surface area contributed by atoms with Crippen molar-refractivity contribution in [2.45, 2.75) is 38.0 Å². The third-order valence-electron chi connectivity index (χ3n) is 4.56. The molecule has 0 N–H and O–H groups in total. The number of carbonyl (C=O) groups is 1. The first-order valence-corrected chi connectivity index (χ1v) is 7.75. The van der Waals surface area contributed by atoms with E-state index >= 15 is 0 Å². The second-order valence-electron chi connectivity index (χ2n) is 6.30. The van der Waals surface area contributed by atoms with Crippen molar-refractivity contribution in [2.24, 2.45) is 7.05 Å². The maximum atomic E-state index is 12.5. The molecular weight excluding hydrogens is 282 g/mol. The molecule has 0 radical (unpaired) electrons. The molecular formula is C15H19N5O2. The summed E-state index contributed by atoms with van der Waals surface area (Å²) in [5.41, 5.74) is 1.48. The maximum Gasteiger partial charge on any atom is 0.274 e. The summed E-state index contributed by atoms with van der Waals surface area (Å²) in [6.07, 6.45) is 3.17. The first-order valence-electron chi connectivity index (χ1n) is 7.75. The number of rotatable bonds is 3. The molecule has 0 aromatic carbocycles. The van der Waals surface area contributed by atoms with Crippen molar-refractivity contribution in [3.8, 4) is 0 Å². The molecule has 1 saturated heterocycles. The number of likely N-dealkylation sites (tertiary alicyclic amines) is 1. The Hall–Kier alpha value is -2.18. The molecule has 0 bridgehead atoms. The molecule has 1 saturated carbocycles. The third kappa shape index (κ3) is 2.30. The van der Waals surface area contributed by atoms with E-state index in [9.17, 15) is 4.79 Å². The van der Waals surface area contributed by atoms with E-state index in [-0.39, 0.29) is 11.8 Å². The van der Waals surface area contributed by atoms with Gasteiger partial charge < -0.3 is 9.42 Å². The third-order valence-corrected chi connectivity index (χ3v) is 4.56. The Balaban J connectivity index is 1.45. The fourth-order valence-electron chi connectivity index (χ4n) is 2.89. The van der Waals surface area contributed by atoms with Gasteiger partial charge in [0, 0.05) is 37.7 Å². The van der Waals surface area contributed by atoms with E-state index in [0.717, 1.165) is 36.7 Å². The SMILES string of the molecule is Cc1cc(C(=O)N2CCC(c3noc(C4CC4)n3)C2)nn1C. The van der Waals surface area contributed by atoms with E-state index in [1.807, 2.05) is 24.9 Å². The quantitative estimate of drug-likeness (QED) is 0.861. The number of carbonyl (C=O) groups excluding carboxylic acids is 1. The molecule has 0 spiro atoms. The zero-order chi connectivity index (χ0) is 15.3. The number of aryl methyl sites for hydroxylation is 2. The Morgan fingerprint density at radius 1 is 1.32 bits per heavy atom. The van der Waals surface area contributed by atoms with Crippen molar-refractivity contribution >= 4 is 5.91 Å². The molecule has 1 aliphatic heterocycles. The standard InChI is InChI=1S/C15H19N5O2/c1-9-7-12(17-19(9)2)15(21)20-6-5-11(8-20)13-16-14(22-18-13)10-3-4-10/h7,10-11H,3-6,8H2,1-2H3. The van der Waals surface area contributed by atoms with Gasteiger partial charge in [0.2, 0.25) is 5.89 Å². The smallest absolute Gasteiger partial charge is 0.274 e. The molecule has 1 aliphatic carbocycles. The van der Waals surface area contributed by atoms with Crippen LogP contribution in [0.4, 0.5) is 0 Å². The summed E-state index contributed by atoms with van der Waals surface area (Å²) in [6, 6.07) is 1.83. The molecule has 1 unspecified atom stereocenters. The van der Waals surface area contributed by atoms with E-state index in [0.29, 0.717) is 24.7 Å². The first kappa shape index (κ1) is 13.5. The van der Waals surface area contributed by atoms with Gasteiger partial charge in [0.25, 0.3) is 5.91 Å². The summed E-state index contributed by atoms with van der Waals surface area (Å²) in [6.45, 7) is 3.29. The minimum absolute atomic E-state index is 0.0166. The summed E-state index contributed by atoms with van der Waals surface area (Å²) in [5, 5.41) is 8.36. The highest BCUT2D eigenvalue weighted by Crippen LogP contribution is 2.39. The van der Waals surface area contributed by atoms with Crippen LogP contribution in [0.1, 0.15) is 59.0 Å².